The Bertz CT molecular complexity index is 1140. The molecule has 178 valence electrons. The molecule has 1 N–H and O–H groups in total. The van der Waals surface area contributed by atoms with Gasteiger partial charge in [-0.1, -0.05) is 18.2 Å². The minimum Gasteiger partial charge on any atom is -0.490 e. The number of carbonyl (C=O) groups is 3. The Kier molecular flexibility index (Phi) is 5.63. The molecule has 4 amide bonds. The number of amides is 4. The van der Waals surface area contributed by atoms with E-state index in [4.69, 9.17) is 9.47 Å². The van der Waals surface area contributed by atoms with Gasteiger partial charge in [0.25, 0.3) is 5.91 Å². The van der Waals surface area contributed by atoms with Crippen LogP contribution in [0.3, 0.4) is 0 Å². The van der Waals surface area contributed by atoms with E-state index in [1.54, 1.807) is 11.8 Å². The number of fused-ring (bicyclic) bond motifs is 1. The molecule has 2 aromatic carbocycles. The predicted octanol–water partition coefficient (Wildman–Crippen LogP) is 3.12. The fourth-order valence-electron chi connectivity index (χ4n) is 4.84. The van der Waals surface area contributed by atoms with E-state index in [0.717, 1.165) is 29.7 Å². The first kappa shape index (κ1) is 22.2. The first-order valence-corrected chi connectivity index (χ1v) is 11.5. The fourth-order valence-corrected chi connectivity index (χ4v) is 4.84. The number of rotatable bonds is 4. The lowest BCUT2D eigenvalue weighted by molar-refractivity contribution is -0.139. The molecule has 2 atom stereocenters. The highest BCUT2D eigenvalue weighted by Gasteiger charge is 2.50. The molecule has 8 nitrogen and oxygen atoms in total. The molecule has 2 saturated heterocycles. The monoisotopic (exact) mass is 467 g/mol. The van der Waals surface area contributed by atoms with Crippen molar-refractivity contribution in [3.05, 3.63) is 59.4 Å². The molecule has 3 heterocycles. The van der Waals surface area contributed by atoms with Crippen LogP contribution in [0.25, 0.3) is 0 Å². The average Bonchev–Trinajstić information content (AvgIpc) is 3.30. The highest BCUT2D eigenvalue weighted by Crippen LogP contribution is 2.38. The molecule has 0 aliphatic carbocycles. The van der Waals surface area contributed by atoms with Crippen LogP contribution >= 0.6 is 0 Å². The molecule has 2 aromatic rings. The van der Waals surface area contributed by atoms with Crippen molar-refractivity contribution >= 4 is 17.8 Å². The number of imide groups is 1. The summed E-state index contributed by atoms with van der Waals surface area (Å²) >= 11 is 0. The SMILES string of the molecule is C[C@@]1(c2ccc(F)cc2)NC(=O)N(CC(=O)N2CCC[C@H]2c2ccc3c(c2)OCCCO3)C1=O. The molecule has 0 saturated carbocycles. The summed E-state index contributed by atoms with van der Waals surface area (Å²) in [5, 5.41) is 2.66. The van der Waals surface area contributed by atoms with Gasteiger partial charge in [-0.2, -0.15) is 0 Å². The van der Waals surface area contributed by atoms with Gasteiger partial charge < -0.3 is 19.7 Å². The molecule has 3 aliphatic heterocycles. The highest BCUT2D eigenvalue weighted by molar-refractivity contribution is 6.09. The zero-order chi connectivity index (χ0) is 23.9. The minimum atomic E-state index is -1.36. The number of ether oxygens (including phenoxy) is 2. The van der Waals surface area contributed by atoms with E-state index in [2.05, 4.69) is 5.32 Å². The lowest BCUT2D eigenvalue weighted by Crippen LogP contribution is -2.44. The highest BCUT2D eigenvalue weighted by atomic mass is 19.1. The zero-order valence-corrected chi connectivity index (χ0v) is 18.9. The van der Waals surface area contributed by atoms with Gasteiger partial charge in [0.15, 0.2) is 11.5 Å². The Hall–Kier alpha value is -3.62. The maximum Gasteiger partial charge on any atom is 0.325 e. The number of hydrogen-bond acceptors (Lipinski definition) is 5. The van der Waals surface area contributed by atoms with Crippen LogP contribution in [0, 0.1) is 5.82 Å². The number of urea groups is 1. The van der Waals surface area contributed by atoms with Gasteiger partial charge in [0.2, 0.25) is 5.91 Å². The third-order valence-corrected chi connectivity index (χ3v) is 6.72. The number of halogens is 1. The Morgan fingerprint density at radius 2 is 1.82 bits per heavy atom. The van der Waals surface area contributed by atoms with Crippen LogP contribution < -0.4 is 14.8 Å². The van der Waals surface area contributed by atoms with Crippen molar-refractivity contribution in [2.24, 2.45) is 0 Å². The van der Waals surface area contributed by atoms with E-state index in [9.17, 15) is 18.8 Å². The Morgan fingerprint density at radius 3 is 2.59 bits per heavy atom. The average molecular weight is 467 g/mol. The number of hydrogen-bond donors (Lipinski definition) is 1. The Labute approximate surface area is 196 Å². The predicted molar refractivity (Wildman–Crippen MR) is 120 cm³/mol. The summed E-state index contributed by atoms with van der Waals surface area (Å²) in [5.41, 5.74) is 0.0287. The molecule has 0 aromatic heterocycles. The van der Waals surface area contributed by atoms with Gasteiger partial charge in [-0.25, -0.2) is 9.18 Å². The summed E-state index contributed by atoms with van der Waals surface area (Å²) in [6.45, 7) is 2.91. The van der Waals surface area contributed by atoms with Crippen LogP contribution in [-0.2, 0) is 15.1 Å². The van der Waals surface area contributed by atoms with E-state index in [-0.39, 0.29) is 18.5 Å². The lowest BCUT2D eigenvalue weighted by atomic mass is 9.92. The van der Waals surface area contributed by atoms with Crippen LogP contribution in [0.15, 0.2) is 42.5 Å². The van der Waals surface area contributed by atoms with Crippen LogP contribution in [-0.4, -0.2) is 53.9 Å². The molecular weight excluding hydrogens is 441 g/mol. The van der Waals surface area contributed by atoms with Crippen molar-refractivity contribution < 1.29 is 28.2 Å². The van der Waals surface area contributed by atoms with Crippen molar-refractivity contribution in [3.63, 3.8) is 0 Å². The maximum atomic E-state index is 13.3. The van der Waals surface area contributed by atoms with Gasteiger partial charge in [-0.05, 0) is 55.2 Å². The van der Waals surface area contributed by atoms with Crippen LogP contribution in [0.1, 0.15) is 43.4 Å². The van der Waals surface area contributed by atoms with Crippen LogP contribution in [0.4, 0.5) is 9.18 Å². The molecule has 0 bridgehead atoms. The molecular formula is C25H26FN3O5. The smallest absolute Gasteiger partial charge is 0.325 e. The number of likely N-dealkylation sites (tertiary alicyclic amines) is 1. The number of nitrogens with one attached hydrogen (secondary N) is 1. The van der Waals surface area contributed by atoms with E-state index in [1.807, 2.05) is 18.2 Å². The minimum absolute atomic E-state index is 0.172. The van der Waals surface area contributed by atoms with Gasteiger partial charge in [-0.3, -0.25) is 14.5 Å². The van der Waals surface area contributed by atoms with Crippen molar-refractivity contribution in [3.8, 4) is 11.5 Å². The third kappa shape index (κ3) is 3.85. The number of carbonyl (C=O) groups excluding carboxylic acids is 3. The molecule has 0 spiro atoms. The van der Waals surface area contributed by atoms with Crippen molar-refractivity contribution in [1.29, 1.82) is 0 Å². The zero-order valence-electron chi connectivity index (χ0n) is 18.9. The molecule has 34 heavy (non-hydrogen) atoms. The van der Waals surface area contributed by atoms with E-state index in [0.29, 0.717) is 36.8 Å². The van der Waals surface area contributed by atoms with Crippen LogP contribution in [0.2, 0.25) is 0 Å². The van der Waals surface area contributed by atoms with Crippen molar-refractivity contribution in [2.75, 3.05) is 26.3 Å². The lowest BCUT2D eigenvalue weighted by Gasteiger charge is -2.27. The van der Waals surface area contributed by atoms with Gasteiger partial charge in [0, 0.05) is 13.0 Å². The van der Waals surface area contributed by atoms with Gasteiger partial charge in [-0.15, -0.1) is 0 Å². The largest absolute Gasteiger partial charge is 0.490 e. The topological polar surface area (TPSA) is 88.2 Å². The quantitative estimate of drug-likeness (QED) is 0.698. The second-order valence-corrected chi connectivity index (χ2v) is 8.96. The summed E-state index contributed by atoms with van der Waals surface area (Å²) < 4.78 is 24.8. The first-order valence-electron chi connectivity index (χ1n) is 11.5. The Balaban J connectivity index is 1.33. The van der Waals surface area contributed by atoms with Crippen molar-refractivity contribution in [1.82, 2.24) is 15.1 Å². The van der Waals surface area contributed by atoms with E-state index < -0.39 is 23.3 Å². The normalized spacial score (nSPS) is 24.2. The number of benzene rings is 2. The van der Waals surface area contributed by atoms with Gasteiger partial charge in [0.05, 0.1) is 19.3 Å². The second-order valence-electron chi connectivity index (χ2n) is 8.96. The fraction of sp³-hybridized carbons (Fsp3) is 0.400. The maximum absolute atomic E-state index is 13.3. The summed E-state index contributed by atoms with van der Waals surface area (Å²) in [6, 6.07) is 10.3. The van der Waals surface area contributed by atoms with E-state index >= 15 is 0 Å². The van der Waals surface area contributed by atoms with Crippen LogP contribution in [0.5, 0.6) is 11.5 Å². The van der Waals surface area contributed by atoms with Gasteiger partial charge in [0.1, 0.15) is 17.9 Å². The Morgan fingerprint density at radius 1 is 1.09 bits per heavy atom. The van der Waals surface area contributed by atoms with Crippen molar-refractivity contribution in [2.45, 2.75) is 37.8 Å². The molecule has 0 radical (unpaired) electrons. The second kappa shape index (κ2) is 8.62. The molecule has 5 rings (SSSR count). The molecule has 3 aliphatic rings. The standard InChI is InChI=1S/C25H26FN3O5/c1-25(17-6-8-18(26)9-7-17)23(31)29(24(32)27-25)15-22(30)28-11-2-4-19(28)16-5-10-20-21(14-16)34-13-3-12-33-20/h5-10,14,19H,2-4,11-13,15H2,1H3,(H,27,32)/t19-,25-/m0/s1. The first-order chi connectivity index (χ1) is 16.4. The van der Waals surface area contributed by atoms with Gasteiger partial charge >= 0.3 is 6.03 Å². The summed E-state index contributed by atoms with van der Waals surface area (Å²) in [5.74, 6) is 0.0752. The molecule has 2 fully saturated rings. The third-order valence-electron chi connectivity index (χ3n) is 6.72. The summed E-state index contributed by atoms with van der Waals surface area (Å²) in [6.07, 6.45) is 2.40. The summed E-state index contributed by atoms with van der Waals surface area (Å²) in [7, 11) is 0. The number of nitrogens with zero attached hydrogens (tertiary/aromatic N) is 2. The summed E-state index contributed by atoms with van der Waals surface area (Å²) in [4.78, 5) is 41.7. The molecule has 0 unspecified atom stereocenters. The van der Waals surface area contributed by atoms with E-state index in [1.165, 1.54) is 24.3 Å². The molecule has 9 heteroatoms.